The number of aryl methyl sites for hydroxylation is 1. The topological polar surface area (TPSA) is 29.0 Å². The van der Waals surface area contributed by atoms with Gasteiger partial charge in [-0.1, -0.05) is 41.0 Å². The van der Waals surface area contributed by atoms with Gasteiger partial charge in [0.05, 0.1) is 11.9 Å². The lowest BCUT2D eigenvalue weighted by atomic mass is 9.92. The van der Waals surface area contributed by atoms with Crippen molar-refractivity contribution >= 4 is 5.95 Å². The largest absolute Gasteiger partial charge is 0.338 e. The van der Waals surface area contributed by atoms with E-state index in [-0.39, 0.29) is 11.2 Å². The molecule has 4 heteroatoms. The van der Waals surface area contributed by atoms with Crippen molar-refractivity contribution in [2.75, 3.05) is 11.4 Å². The maximum Gasteiger partial charge on any atom is 0.225 e. The molecular formula is C17H30FN3. The zero-order valence-corrected chi connectivity index (χ0v) is 14.4. The quantitative estimate of drug-likeness (QED) is 0.735. The van der Waals surface area contributed by atoms with E-state index in [0.717, 1.165) is 25.8 Å². The van der Waals surface area contributed by atoms with E-state index < -0.39 is 0 Å². The van der Waals surface area contributed by atoms with Gasteiger partial charge in [0.1, 0.15) is 0 Å². The fourth-order valence-electron chi connectivity index (χ4n) is 2.33. The van der Waals surface area contributed by atoms with Gasteiger partial charge in [-0.15, -0.1) is 0 Å². The number of rotatable bonds is 7. The van der Waals surface area contributed by atoms with Gasteiger partial charge in [-0.2, -0.15) is 0 Å². The highest BCUT2D eigenvalue weighted by molar-refractivity contribution is 5.32. The number of nitrogens with zero attached hydrogens (tertiary/aromatic N) is 3. The molecule has 1 aromatic rings. The standard InChI is InChI=1S/C17H30FN3/c1-7-9-13(3)21(11-10-17(4,5)6)16-19-12-14(18)15(8-2)20-16/h12-13H,7-11H2,1-6H3. The van der Waals surface area contributed by atoms with Gasteiger partial charge in [0.15, 0.2) is 5.82 Å². The van der Waals surface area contributed by atoms with E-state index in [1.54, 1.807) is 0 Å². The maximum absolute atomic E-state index is 13.6. The van der Waals surface area contributed by atoms with Crippen molar-refractivity contribution in [3.63, 3.8) is 0 Å². The van der Waals surface area contributed by atoms with Crippen LogP contribution in [0.4, 0.5) is 10.3 Å². The van der Waals surface area contributed by atoms with E-state index in [4.69, 9.17) is 0 Å². The summed E-state index contributed by atoms with van der Waals surface area (Å²) >= 11 is 0. The first-order chi connectivity index (χ1) is 9.78. The summed E-state index contributed by atoms with van der Waals surface area (Å²) in [6.45, 7) is 13.9. The molecule has 3 nitrogen and oxygen atoms in total. The van der Waals surface area contributed by atoms with Crippen LogP contribution in [-0.2, 0) is 6.42 Å². The van der Waals surface area contributed by atoms with Crippen LogP contribution in [0.1, 0.15) is 66.5 Å². The van der Waals surface area contributed by atoms with Crippen molar-refractivity contribution in [3.8, 4) is 0 Å². The van der Waals surface area contributed by atoms with Gasteiger partial charge in [-0.3, -0.25) is 0 Å². The van der Waals surface area contributed by atoms with E-state index >= 15 is 0 Å². The minimum Gasteiger partial charge on any atom is -0.338 e. The normalized spacial score (nSPS) is 13.3. The van der Waals surface area contributed by atoms with Crippen LogP contribution >= 0.6 is 0 Å². The highest BCUT2D eigenvalue weighted by Crippen LogP contribution is 2.23. The third kappa shape index (κ3) is 5.60. The van der Waals surface area contributed by atoms with Gasteiger partial charge in [-0.25, -0.2) is 14.4 Å². The van der Waals surface area contributed by atoms with Crippen molar-refractivity contribution in [1.29, 1.82) is 0 Å². The van der Waals surface area contributed by atoms with E-state index in [2.05, 4.69) is 49.5 Å². The van der Waals surface area contributed by atoms with Crippen LogP contribution in [0, 0.1) is 11.2 Å². The summed E-state index contributed by atoms with van der Waals surface area (Å²) in [5.41, 5.74) is 0.766. The number of hydrogen-bond donors (Lipinski definition) is 0. The van der Waals surface area contributed by atoms with E-state index in [0.29, 0.717) is 24.1 Å². The van der Waals surface area contributed by atoms with Crippen LogP contribution in [-0.4, -0.2) is 22.6 Å². The van der Waals surface area contributed by atoms with Gasteiger partial charge >= 0.3 is 0 Å². The molecule has 1 unspecified atom stereocenters. The predicted molar refractivity (Wildman–Crippen MR) is 87.2 cm³/mol. The summed E-state index contributed by atoms with van der Waals surface area (Å²) in [6.07, 6.45) is 5.17. The van der Waals surface area contributed by atoms with Gasteiger partial charge in [0.25, 0.3) is 0 Å². The summed E-state index contributed by atoms with van der Waals surface area (Å²) in [6, 6.07) is 0.368. The molecule has 0 saturated heterocycles. The average Bonchev–Trinajstić information content (AvgIpc) is 2.39. The van der Waals surface area contributed by atoms with Crippen LogP contribution < -0.4 is 4.90 Å². The first-order valence-electron chi connectivity index (χ1n) is 8.06. The van der Waals surface area contributed by atoms with E-state index in [1.165, 1.54) is 6.20 Å². The Hall–Kier alpha value is -1.19. The molecule has 0 radical (unpaired) electrons. The molecule has 0 N–H and O–H groups in total. The van der Waals surface area contributed by atoms with Crippen LogP contribution in [0.15, 0.2) is 6.20 Å². The van der Waals surface area contributed by atoms with Gasteiger partial charge in [-0.05, 0) is 31.6 Å². The molecule has 0 aliphatic carbocycles. The van der Waals surface area contributed by atoms with Gasteiger partial charge < -0.3 is 4.90 Å². The molecule has 0 aliphatic rings. The number of anilines is 1. The van der Waals surface area contributed by atoms with Crippen molar-refractivity contribution < 1.29 is 4.39 Å². The third-order valence-corrected chi connectivity index (χ3v) is 3.74. The Labute approximate surface area is 129 Å². The second kappa shape index (κ2) is 7.71. The molecule has 0 fully saturated rings. The lowest BCUT2D eigenvalue weighted by Crippen LogP contribution is -2.37. The maximum atomic E-state index is 13.6. The predicted octanol–water partition coefficient (Wildman–Crippen LogP) is 4.61. The molecule has 21 heavy (non-hydrogen) atoms. The molecule has 0 bridgehead atoms. The number of aromatic nitrogens is 2. The lowest BCUT2D eigenvalue weighted by molar-refractivity contribution is 0.369. The van der Waals surface area contributed by atoms with E-state index in [9.17, 15) is 4.39 Å². The Morgan fingerprint density at radius 3 is 2.48 bits per heavy atom. The van der Waals surface area contributed by atoms with Gasteiger partial charge in [0, 0.05) is 12.6 Å². The van der Waals surface area contributed by atoms with Gasteiger partial charge in [0.2, 0.25) is 5.95 Å². The molecule has 0 amide bonds. The van der Waals surface area contributed by atoms with Crippen LogP contribution in [0.2, 0.25) is 0 Å². The molecule has 120 valence electrons. The Morgan fingerprint density at radius 2 is 1.95 bits per heavy atom. The van der Waals surface area contributed by atoms with Crippen LogP contribution in [0.5, 0.6) is 0 Å². The second-order valence-electron chi connectivity index (χ2n) is 6.96. The molecular weight excluding hydrogens is 265 g/mol. The SMILES string of the molecule is CCCC(C)N(CCC(C)(C)C)c1ncc(F)c(CC)n1. The Balaban J connectivity index is 2.99. The summed E-state index contributed by atoms with van der Waals surface area (Å²) in [5, 5.41) is 0. The molecule has 0 spiro atoms. The molecule has 0 aliphatic heterocycles. The summed E-state index contributed by atoms with van der Waals surface area (Å²) in [5.74, 6) is 0.360. The fourth-order valence-corrected chi connectivity index (χ4v) is 2.33. The molecule has 0 aromatic carbocycles. The summed E-state index contributed by atoms with van der Waals surface area (Å²) in [4.78, 5) is 10.9. The smallest absolute Gasteiger partial charge is 0.225 e. The first kappa shape index (κ1) is 17.9. The second-order valence-corrected chi connectivity index (χ2v) is 6.96. The van der Waals surface area contributed by atoms with Crippen LogP contribution in [0.3, 0.4) is 0 Å². The van der Waals surface area contributed by atoms with Crippen molar-refractivity contribution in [2.45, 2.75) is 73.3 Å². The number of halogens is 1. The Kier molecular flexibility index (Phi) is 6.56. The zero-order valence-electron chi connectivity index (χ0n) is 14.4. The lowest BCUT2D eigenvalue weighted by Gasteiger charge is -2.32. The van der Waals surface area contributed by atoms with E-state index in [1.807, 2.05) is 6.92 Å². The summed E-state index contributed by atoms with van der Waals surface area (Å²) < 4.78 is 13.6. The highest BCUT2D eigenvalue weighted by Gasteiger charge is 2.20. The molecule has 1 atom stereocenters. The van der Waals surface area contributed by atoms with Crippen molar-refractivity contribution in [3.05, 3.63) is 17.7 Å². The average molecular weight is 295 g/mol. The molecule has 1 heterocycles. The fraction of sp³-hybridized carbons (Fsp3) is 0.765. The molecule has 1 aromatic heterocycles. The highest BCUT2D eigenvalue weighted by atomic mass is 19.1. The van der Waals surface area contributed by atoms with Crippen molar-refractivity contribution in [2.24, 2.45) is 5.41 Å². The molecule has 1 rings (SSSR count). The summed E-state index contributed by atoms with van der Waals surface area (Å²) in [7, 11) is 0. The third-order valence-electron chi connectivity index (χ3n) is 3.74. The Bertz CT molecular complexity index is 440. The molecule has 0 saturated carbocycles. The Morgan fingerprint density at radius 1 is 1.29 bits per heavy atom. The zero-order chi connectivity index (χ0) is 16.0. The van der Waals surface area contributed by atoms with Crippen molar-refractivity contribution in [1.82, 2.24) is 9.97 Å². The minimum atomic E-state index is -0.305. The van der Waals surface area contributed by atoms with Crippen LogP contribution in [0.25, 0.3) is 0 Å². The number of hydrogen-bond acceptors (Lipinski definition) is 3. The monoisotopic (exact) mass is 295 g/mol. The first-order valence-corrected chi connectivity index (χ1v) is 8.06. The minimum absolute atomic E-state index is 0.262.